The zero-order valence-corrected chi connectivity index (χ0v) is 8.40. The fourth-order valence-corrected chi connectivity index (χ4v) is 2.51. The van der Waals surface area contributed by atoms with E-state index in [0.717, 1.165) is 10.4 Å². The first-order valence-corrected chi connectivity index (χ1v) is 5.38. The molecule has 0 aliphatic heterocycles. The predicted molar refractivity (Wildman–Crippen MR) is 45.0 cm³/mol. The molecule has 0 aliphatic carbocycles. The van der Waals surface area contributed by atoms with E-state index >= 15 is 0 Å². The summed E-state index contributed by atoms with van der Waals surface area (Å²) in [6.45, 7) is 1.47. The molecule has 1 N–H and O–H groups in total. The van der Waals surface area contributed by atoms with E-state index in [9.17, 15) is 4.79 Å². The summed E-state index contributed by atoms with van der Waals surface area (Å²) in [5.41, 5.74) is 0.857. The van der Waals surface area contributed by atoms with Gasteiger partial charge in [-0.15, -0.1) is 0 Å². The third-order valence-electron chi connectivity index (χ3n) is 0.972. The maximum absolute atomic E-state index is 10.6. The van der Waals surface area contributed by atoms with Crippen molar-refractivity contribution in [1.82, 2.24) is 4.98 Å². The Kier molecular flexibility index (Phi) is 3.12. The Morgan fingerprint density at radius 2 is 2.64 bits per heavy atom. The number of hydrogen-bond acceptors (Lipinski definition) is 2. The minimum atomic E-state index is -0.0742. The summed E-state index contributed by atoms with van der Waals surface area (Å²) < 4.78 is 0.751. The van der Waals surface area contributed by atoms with Crippen molar-refractivity contribution in [1.29, 1.82) is 0 Å². The van der Waals surface area contributed by atoms with Crippen LogP contribution in [0, 0.1) is 0 Å². The van der Waals surface area contributed by atoms with Crippen molar-refractivity contribution < 1.29 is 4.79 Å². The summed E-state index contributed by atoms with van der Waals surface area (Å²) in [7, 11) is 0. The van der Waals surface area contributed by atoms with Crippen LogP contribution in [-0.2, 0) is 10.7 Å². The Hall–Kier alpha value is -0.311. The molecule has 1 aromatic heterocycles. The van der Waals surface area contributed by atoms with Crippen LogP contribution in [0.25, 0.3) is 0 Å². The number of aromatic nitrogens is 1. The average molecular weight is 238 g/mol. The molecule has 3 nitrogen and oxygen atoms in total. The molecule has 0 atom stereocenters. The number of nitrogens with one attached hydrogen (secondary N) is 1. The number of amides is 1. The number of carbonyl (C=O) groups is 1. The molecule has 60 valence electrons. The zero-order valence-electron chi connectivity index (χ0n) is 5.93. The van der Waals surface area contributed by atoms with Crippen LogP contribution in [0.3, 0.4) is 0 Å². The molecule has 0 aromatic carbocycles. The quantitative estimate of drug-likeness (QED) is 0.612. The Morgan fingerprint density at radius 3 is 3.09 bits per heavy atom. The fourth-order valence-electron chi connectivity index (χ4n) is 0.576. The molecule has 1 heterocycles. The summed E-state index contributed by atoms with van der Waals surface area (Å²) in [6, 6.07) is 0. The van der Waals surface area contributed by atoms with Crippen molar-refractivity contribution in [3.8, 4) is 0 Å². The Balaban J connectivity index is 2.65. The first-order chi connectivity index (χ1) is 5.22. The van der Waals surface area contributed by atoms with E-state index in [4.69, 9.17) is 11.6 Å². The van der Waals surface area contributed by atoms with E-state index in [1.807, 2.05) is 4.94 Å². The Labute approximate surface area is 75.5 Å². The molecule has 0 saturated heterocycles. The standard InChI is InChI=1S/C6H7ClN2OSe/c1-4(10)8-6-9-5(2-7)3-11-6/h3H,2H2,1H3,(H,8,9,10). The van der Waals surface area contributed by atoms with Crippen LogP contribution in [0.2, 0.25) is 0 Å². The monoisotopic (exact) mass is 238 g/mol. The number of carbonyl (C=O) groups excluding carboxylic acids is 1. The van der Waals surface area contributed by atoms with Gasteiger partial charge in [0.1, 0.15) is 0 Å². The van der Waals surface area contributed by atoms with E-state index in [1.165, 1.54) is 6.92 Å². The van der Waals surface area contributed by atoms with Gasteiger partial charge in [0.2, 0.25) is 0 Å². The van der Waals surface area contributed by atoms with Crippen LogP contribution in [-0.4, -0.2) is 25.4 Å². The predicted octanol–water partition coefficient (Wildman–Crippen LogP) is 0.836. The molecule has 0 bridgehead atoms. The molecule has 0 spiro atoms. The van der Waals surface area contributed by atoms with Crippen molar-refractivity contribution in [2.45, 2.75) is 12.8 Å². The van der Waals surface area contributed by atoms with Crippen molar-refractivity contribution in [2.75, 3.05) is 5.32 Å². The molecule has 0 radical (unpaired) electrons. The molecule has 1 amide bonds. The van der Waals surface area contributed by atoms with Crippen molar-refractivity contribution in [2.24, 2.45) is 0 Å². The second kappa shape index (κ2) is 3.90. The van der Waals surface area contributed by atoms with Crippen molar-refractivity contribution in [3.63, 3.8) is 0 Å². The molecule has 11 heavy (non-hydrogen) atoms. The minimum absolute atomic E-state index is 0.0742. The normalized spacial score (nSPS) is 9.64. The van der Waals surface area contributed by atoms with E-state index in [1.54, 1.807) is 0 Å². The van der Waals surface area contributed by atoms with Crippen LogP contribution in [0.5, 0.6) is 0 Å². The topological polar surface area (TPSA) is 42.0 Å². The Morgan fingerprint density at radius 1 is 1.91 bits per heavy atom. The molecular formula is C6H7ClN2OSe. The number of rotatable bonds is 2. The number of alkyl halides is 1. The van der Waals surface area contributed by atoms with Gasteiger partial charge in [0.05, 0.1) is 0 Å². The van der Waals surface area contributed by atoms with Crippen LogP contribution < -0.4 is 5.32 Å². The van der Waals surface area contributed by atoms with Crippen LogP contribution >= 0.6 is 11.6 Å². The first kappa shape index (κ1) is 8.78. The van der Waals surface area contributed by atoms with Crippen molar-refractivity contribution >= 4 is 36.7 Å². The summed E-state index contributed by atoms with van der Waals surface area (Å²) in [5.74, 6) is 0.347. The van der Waals surface area contributed by atoms with E-state index < -0.39 is 0 Å². The third kappa shape index (κ3) is 2.66. The average Bonchev–Trinajstić information content (AvgIpc) is 2.34. The molecule has 0 saturated carbocycles. The van der Waals surface area contributed by atoms with Gasteiger partial charge in [0, 0.05) is 0 Å². The van der Waals surface area contributed by atoms with Gasteiger partial charge in [-0.2, -0.15) is 0 Å². The van der Waals surface area contributed by atoms with Crippen LogP contribution in [0.4, 0.5) is 4.69 Å². The summed E-state index contributed by atoms with van der Waals surface area (Å²) >= 11 is 5.69. The van der Waals surface area contributed by atoms with Gasteiger partial charge < -0.3 is 0 Å². The van der Waals surface area contributed by atoms with Crippen LogP contribution in [0.15, 0.2) is 4.94 Å². The Bertz CT molecular complexity index is 261. The molecule has 0 fully saturated rings. The van der Waals surface area contributed by atoms with Crippen molar-refractivity contribution in [3.05, 3.63) is 10.6 Å². The van der Waals surface area contributed by atoms with Gasteiger partial charge in [0.25, 0.3) is 0 Å². The fraction of sp³-hybridized carbons (Fsp3) is 0.333. The summed E-state index contributed by atoms with van der Waals surface area (Å²) in [5, 5.41) is 2.63. The number of anilines is 1. The van der Waals surface area contributed by atoms with Crippen LogP contribution in [0.1, 0.15) is 12.6 Å². The molecular weight excluding hydrogens is 230 g/mol. The molecule has 0 unspecified atom stereocenters. The van der Waals surface area contributed by atoms with Gasteiger partial charge in [-0.3, -0.25) is 0 Å². The van der Waals surface area contributed by atoms with Gasteiger partial charge >= 0.3 is 75.2 Å². The molecule has 5 heteroatoms. The van der Waals surface area contributed by atoms with E-state index in [-0.39, 0.29) is 20.4 Å². The van der Waals surface area contributed by atoms with Gasteiger partial charge in [-0.25, -0.2) is 0 Å². The molecule has 1 rings (SSSR count). The third-order valence-corrected chi connectivity index (χ3v) is 2.94. The SMILES string of the molecule is CC(=O)Nc1nc(CCl)c[se]1. The second-order valence-corrected chi connectivity index (χ2v) is 4.03. The molecule has 1 aromatic rings. The molecule has 0 aliphatic rings. The van der Waals surface area contributed by atoms with Gasteiger partial charge in [0.15, 0.2) is 0 Å². The summed E-state index contributed by atoms with van der Waals surface area (Å²) in [4.78, 5) is 16.6. The number of halogens is 1. The number of nitrogens with zero attached hydrogens (tertiary/aromatic N) is 1. The first-order valence-electron chi connectivity index (χ1n) is 3.00. The van der Waals surface area contributed by atoms with E-state index in [0.29, 0.717) is 5.88 Å². The second-order valence-electron chi connectivity index (χ2n) is 1.96. The van der Waals surface area contributed by atoms with E-state index in [2.05, 4.69) is 10.3 Å². The van der Waals surface area contributed by atoms with Gasteiger partial charge in [-0.05, 0) is 0 Å². The number of hydrogen-bond donors (Lipinski definition) is 1. The van der Waals surface area contributed by atoms with Gasteiger partial charge in [-0.1, -0.05) is 0 Å². The zero-order chi connectivity index (χ0) is 8.27. The maximum atomic E-state index is 10.6. The summed E-state index contributed by atoms with van der Waals surface area (Å²) in [6.07, 6.45) is 0.